The SMILES string of the molecule is CC(=O)O[C@H]1C(=O)[C@@]2(C)C([C@H](OC(=O)c3ccccc3)[C@]3(O)C[C@H](OC(=O)[C@H](O)[C@@H](NC(=O)c4ccccc4)c4cccs4)C(C)=C1C3(C)C)[C@]1(OC(C)=O)CO[C@@H]1C[C@@H]2O. The Kier molecular flexibility index (Phi) is 11.6. The molecule has 15 nitrogen and oxygen atoms in total. The predicted octanol–water partition coefficient (Wildman–Crippen LogP) is 3.80. The number of ether oxygens (including phenoxy) is 5. The van der Waals surface area contributed by atoms with Crippen LogP contribution in [0.4, 0.5) is 0 Å². The first kappa shape index (κ1) is 43.8. The van der Waals surface area contributed by atoms with Gasteiger partial charge in [-0.25, -0.2) is 9.59 Å². The molecule has 0 radical (unpaired) electrons. The van der Waals surface area contributed by atoms with E-state index in [1.165, 1.54) is 37.3 Å². The zero-order chi connectivity index (χ0) is 44.2. The van der Waals surface area contributed by atoms with Crippen LogP contribution in [0.5, 0.6) is 0 Å². The van der Waals surface area contributed by atoms with Crippen molar-refractivity contribution in [2.75, 3.05) is 6.61 Å². The zero-order valence-corrected chi connectivity index (χ0v) is 35.3. The van der Waals surface area contributed by atoms with Crippen LogP contribution in [-0.2, 0) is 42.9 Å². The van der Waals surface area contributed by atoms with Crippen molar-refractivity contribution in [1.82, 2.24) is 5.32 Å². The van der Waals surface area contributed by atoms with E-state index in [1.807, 2.05) is 0 Å². The van der Waals surface area contributed by atoms with Crippen LogP contribution in [0.15, 0.2) is 89.3 Å². The van der Waals surface area contributed by atoms with Crippen LogP contribution in [0.3, 0.4) is 0 Å². The fourth-order valence-corrected chi connectivity index (χ4v) is 10.8. The summed E-state index contributed by atoms with van der Waals surface area (Å²) >= 11 is 1.18. The number of Topliss-reactive ketones (excluding diaryl/α,β-unsaturated/α-hetero) is 1. The molecular weight excluding hydrogens is 811 g/mol. The maximum Gasteiger partial charge on any atom is 0.338 e. The summed E-state index contributed by atoms with van der Waals surface area (Å²) in [6.07, 6.45) is -10.4. The van der Waals surface area contributed by atoms with Crippen molar-refractivity contribution in [2.45, 2.75) is 108 Å². The van der Waals surface area contributed by atoms with Crippen molar-refractivity contribution in [2.24, 2.45) is 16.7 Å². The maximum absolute atomic E-state index is 15.5. The maximum atomic E-state index is 15.5. The normalized spacial score (nSPS) is 32.2. The van der Waals surface area contributed by atoms with Gasteiger partial charge in [-0.05, 0) is 60.7 Å². The van der Waals surface area contributed by atoms with Gasteiger partial charge in [0.15, 0.2) is 23.6 Å². The first-order chi connectivity index (χ1) is 28.8. The van der Waals surface area contributed by atoms with E-state index in [-0.39, 0.29) is 35.3 Å². The van der Waals surface area contributed by atoms with Crippen molar-refractivity contribution in [3.05, 3.63) is 105 Å². The second-order valence-electron chi connectivity index (χ2n) is 17.0. The Morgan fingerprint density at radius 3 is 2.08 bits per heavy atom. The summed E-state index contributed by atoms with van der Waals surface area (Å²) < 4.78 is 30.2. The van der Waals surface area contributed by atoms with Gasteiger partial charge in [0.2, 0.25) is 0 Å². The number of aliphatic hydroxyl groups excluding tert-OH is 2. The second-order valence-corrected chi connectivity index (χ2v) is 17.9. The molecule has 3 aromatic rings. The lowest BCUT2D eigenvalue weighted by molar-refractivity contribution is -0.346. The molecule has 324 valence electrons. The van der Waals surface area contributed by atoms with E-state index in [9.17, 15) is 39.3 Å². The Balaban J connectivity index is 1.38. The first-order valence-electron chi connectivity index (χ1n) is 20.0. The van der Waals surface area contributed by atoms with Crippen molar-refractivity contribution < 1.29 is 67.8 Å². The molecule has 1 aromatic heterocycles. The summed E-state index contributed by atoms with van der Waals surface area (Å²) in [5.74, 6) is -6.80. The van der Waals surface area contributed by atoms with Crippen molar-refractivity contribution in [1.29, 1.82) is 0 Å². The number of esters is 4. The number of nitrogens with one attached hydrogen (secondary N) is 1. The molecule has 11 atom stereocenters. The molecule has 3 fully saturated rings. The molecule has 2 saturated carbocycles. The monoisotopic (exact) mass is 859 g/mol. The number of thiophene rings is 1. The second kappa shape index (κ2) is 16.2. The van der Waals surface area contributed by atoms with Gasteiger partial charge in [0.25, 0.3) is 5.91 Å². The lowest BCUT2D eigenvalue weighted by Gasteiger charge is -2.67. The molecule has 4 aliphatic rings. The molecule has 7 rings (SSSR count). The molecule has 1 aliphatic heterocycles. The standard InChI is InChI=1S/C45H49NO14S/c1-23-28(58-41(54)34(50)33(29-18-13-19-61-29)46-39(52)26-14-9-7-10-15-26)21-45(55)38(59-40(53)27-16-11-8-12-17-27)36-43(6,30(49)20-31-44(36,22-56-31)60-25(3)48)37(51)35(57-24(2)47)32(23)42(45,4)5/h7-19,28,30-31,33-36,38,49-50,55H,20-22H2,1-6H3,(H,46,52)/t28-,30-,31+,33-,34+,35+,36?,38-,43+,44-,45+/m0/s1. The Morgan fingerprint density at radius 1 is 0.885 bits per heavy atom. The van der Waals surface area contributed by atoms with Crippen LogP contribution < -0.4 is 5.32 Å². The number of hydrogen-bond donors (Lipinski definition) is 4. The van der Waals surface area contributed by atoms with E-state index < -0.39 is 113 Å². The minimum absolute atomic E-state index is 0.00193. The summed E-state index contributed by atoms with van der Waals surface area (Å²) in [6, 6.07) is 18.0. The molecule has 16 heteroatoms. The first-order valence-corrected chi connectivity index (χ1v) is 20.8. The third kappa shape index (κ3) is 7.27. The van der Waals surface area contributed by atoms with Crippen molar-refractivity contribution in [3.63, 3.8) is 0 Å². The lowest BCUT2D eigenvalue weighted by Crippen LogP contribution is -2.82. The summed E-state index contributed by atoms with van der Waals surface area (Å²) in [5.41, 5.74) is -7.33. The molecule has 1 saturated heterocycles. The number of hydrogen-bond acceptors (Lipinski definition) is 15. The average molecular weight is 860 g/mol. The third-order valence-electron chi connectivity index (χ3n) is 13.2. The average Bonchev–Trinajstić information content (AvgIpc) is 3.76. The summed E-state index contributed by atoms with van der Waals surface area (Å²) in [6.45, 7) is 7.99. The lowest BCUT2D eigenvalue weighted by atomic mass is 9.44. The molecule has 0 spiro atoms. The smallest absolute Gasteiger partial charge is 0.338 e. The quantitative estimate of drug-likeness (QED) is 0.130. The van der Waals surface area contributed by atoms with Crippen LogP contribution in [0.2, 0.25) is 0 Å². The molecule has 1 unspecified atom stereocenters. The molecule has 1 amide bonds. The third-order valence-corrected chi connectivity index (χ3v) is 14.1. The van der Waals surface area contributed by atoms with Gasteiger partial charge in [0.1, 0.15) is 30.0 Å². The minimum Gasteiger partial charge on any atom is -0.456 e. The van der Waals surface area contributed by atoms with Crippen molar-refractivity contribution >= 4 is 46.9 Å². The Labute approximate surface area is 356 Å². The number of benzene rings is 2. The van der Waals surface area contributed by atoms with Crippen LogP contribution >= 0.6 is 11.3 Å². The van der Waals surface area contributed by atoms with Crippen LogP contribution in [0, 0.1) is 16.7 Å². The summed E-state index contributed by atoms with van der Waals surface area (Å²) in [5, 5.41) is 41.8. The van der Waals surface area contributed by atoms with Gasteiger partial charge in [-0.3, -0.25) is 19.2 Å². The van der Waals surface area contributed by atoms with E-state index in [2.05, 4.69) is 5.32 Å². The van der Waals surface area contributed by atoms with Crippen LogP contribution in [0.1, 0.15) is 86.0 Å². The fourth-order valence-electron chi connectivity index (χ4n) is 9.95. The Morgan fingerprint density at radius 2 is 1.52 bits per heavy atom. The summed E-state index contributed by atoms with van der Waals surface area (Å²) in [4.78, 5) is 83.6. The molecule has 2 aromatic carbocycles. The number of aliphatic hydroxyl groups is 3. The van der Waals surface area contributed by atoms with E-state index in [0.717, 1.165) is 13.8 Å². The van der Waals surface area contributed by atoms with Crippen LogP contribution in [-0.4, -0.2) is 105 Å². The van der Waals surface area contributed by atoms with Gasteiger partial charge in [0.05, 0.1) is 29.6 Å². The number of amides is 1. The van der Waals surface area contributed by atoms with E-state index in [4.69, 9.17) is 23.7 Å². The molecule has 4 N–H and O–H groups in total. The van der Waals surface area contributed by atoms with E-state index in [1.54, 1.807) is 79.9 Å². The highest BCUT2D eigenvalue weighted by atomic mass is 32.1. The summed E-state index contributed by atoms with van der Waals surface area (Å²) in [7, 11) is 0. The molecule has 2 bridgehead atoms. The highest BCUT2D eigenvalue weighted by Crippen LogP contribution is 2.64. The Hall–Kier alpha value is -5.26. The number of rotatable bonds is 10. The van der Waals surface area contributed by atoms with E-state index >= 15 is 4.79 Å². The van der Waals surface area contributed by atoms with Gasteiger partial charge in [0, 0.05) is 42.5 Å². The highest BCUT2D eigenvalue weighted by molar-refractivity contribution is 7.10. The number of carbonyl (C=O) groups excluding carboxylic acids is 6. The molecule has 61 heavy (non-hydrogen) atoms. The van der Waals surface area contributed by atoms with Crippen molar-refractivity contribution in [3.8, 4) is 0 Å². The van der Waals surface area contributed by atoms with E-state index in [0.29, 0.717) is 4.88 Å². The number of fused-ring (bicyclic) bond motifs is 5. The van der Waals surface area contributed by atoms with Gasteiger partial charge in [-0.2, -0.15) is 0 Å². The minimum atomic E-state index is -2.38. The topological polar surface area (TPSA) is 221 Å². The zero-order valence-electron chi connectivity index (χ0n) is 34.5. The van der Waals surface area contributed by atoms with Gasteiger partial charge < -0.3 is 44.3 Å². The molecule has 2 heterocycles. The fraction of sp³-hybridized carbons (Fsp3) is 0.467. The van der Waals surface area contributed by atoms with Gasteiger partial charge in [-0.15, -0.1) is 11.3 Å². The molecule has 3 aliphatic carbocycles. The van der Waals surface area contributed by atoms with Gasteiger partial charge in [-0.1, -0.05) is 56.3 Å². The number of carbonyl (C=O) groups is 6. The Bertz CT molecular complexity index is 2240. The highest BCUT2D eigenvalue weighted by Gasteiger charge is 2.78. The number of ketones is 1. The van der Waals surface area contributed by atoms with Crippen LogP contribution in [0.25, 0.3) is 0 Å². The molecular formula is C45H49NO14S. The predicted molar refractivity (Wildman–Crippen MR) is 216 cm³/mol. The largest absolute Gasteiger partial charge is 0.456 e. The van der Waals surface area contributed by atoms with Gasteiger partial charge >= 0.3 is 23.9 Å².